The van der Waals surface area contributed by atoms with Crippen LogP contribution in [0, 0.1) is 12.3 Å². The van der Waals surface area contributed by atoms with Gasteiger partial charge in [0.15, 0.2) is 0 Å². The van der Waals surface area contributed by atoms with Gasteiger partial charge in [-0.25, -0.2) is 4.98 Å². The zero-order valence-electron chi connectivity index (χ0n) is 18.3. The summed E-state index contributed by atoms with van der Waals surface area (Å²) in [6.45, 7) is 5.19. The second-order valence-electron chi connectivity index (χ2n) is 11.0. The van der Waals surface area contributed by atoms with Crippen molar-refractivity contribution < 1.29 is 4.74 Å². The van der Waals surface area contributed by atoms with Crippen LogP contribution in [-0.4, -0.2) is 31.3 Å². The Kier molecular flexibility index (Phi) is 3.61. The second kappa shape index (κ2) is 6.12. The predicted octanol–water partition coefficient (Wildman–Crippen LogP) is 4.94. The van der Waals surface area contributed by atoms with Gasteiger partial charge in [0.05, 0.1) is 35.2 Å². The van der Waals surface area contributed by atoms with Crippen LogP contribution in [0.15, 0.2) is 24.7 Å². The molecule has 31 heavy (non-hydrogen) atoms. The highest BCUT2D eigenvalue weighted by Gasteiger charge is 2.67. The van der Waals surface area contributed by atoms with Crippen LogP contribution in [0.5, 0.6) is 0 Å². The highest BCUT2D eigenvalue weighted by molar-refractivity contribution is 5.79. The monoisotopic (exact) mass is 415 g/mol. The fourth-order valence-electron chi connectivity index (χ4n) is 6.61. The van der Waals surface area contributed by atoms with E-state index in [1.807, 2.05) is 19.3 Å². The van der Waals surface area contributed by atoms with E-state index in [4.69, 9.17) is 19.7 Å². The van der Waals surface area contributed by atoms with Gasteiger partial charge in [-0.3, -0.25) is 14.6 Å². The Morgan fingerprint density at radius 1 is 1.10 bits per heavy atom. The van der Waals surface area contributed by atoms with Crippen LogP contribution < -0.4 is 0 Å². The van der Waals surface area contributed by atoms with E-state index in [0.717, 1.165) is 36.2 Å². The van der Waals surface area contributed by atoms with Gasteiger partial charge in [-0.1, -0.05) is 6.92 Å². The molecule has 0 amide bonds. The molecule has 160 valence electrons. The molecule has 2 bridgehead atoms. The fraction of sp³-hybridized carbons (Fsp3) is 0.600. The lowest BCUT2D eigenvalue weighted by atomic mass is 9.35. The van der Waals surface area contributed by atoms with Gasteiger partial charge in [0.25, 0.3) is 0 Å². The Morgan fingerprint density at radius 2 is 1.94 bits per heavy atom. The normalized spacial score (nSPS) is 34.4. The van der Waals surface area contributed by atoms with E-state index in [2.05, 4.69) is 29.0 Å². The van der Waals surface area contributed by atoms with Crippen molar-refractivity contribution in [1.82, 2.24) is 24.7 Å². The Hall–Kier alpha value is -2.34. The Morgan fingerprint density at radius 3 is 2.71 bits per heavy atom. The van der Waals surface area contributed by atoms with Crippen molar-refractivity contribution in [1.29, 1.82) is 0 Å². The second-order valence-corrected chi connectivity index (χ2v) is 11.0. The summed E-state index contributed by atoms with van der Waals surface area (Å²) in [7, 11) is 0. The molecule has 6 heteroatoms. The fourth-order valence-corrected chi connectivity index (χ4v) is 6.61. The van der Waals surface area contributed by atoms with Gasteiger partial charge in [-0.05, 0) is 63.4 Å². The summed E-state index contributed by atoms with van der Waals surface area (Å²) in [6.07, 6.45) is 14.4. The van der Waals surface area contributed by atoms with Crippen LogP contribution in [0.4, 0.5) is 0 Å². The summed E-state index contributed by atoms with van der Waals surface area (Å²) in [5.74, 6) is 0.386. The molecule has 5 fully saturated rings. The third-order valence-corrected chi connectivity index (χ3v) is 8.08. The maximum atomic E-state index is 6.18. The maximum Gasteiger partial charge on any atom is 0.111 e. The average Bonchev–Trinajstić information content (AvgIpc) is 3.46. The molecule has 2 atom stereocenters. The molecule has 4 saturated carbocycles. The molecule has 1 saturated heterocycles. The molecular formula is C25H29N5O. The van der Waals surface area contributed by atoms with Crippen molar-refractivity contribution in [3.05, 3.63) is 47.3 Å². The van der Waals surface area contributed by atoms with Crippen molar-refractivity contribution in [3.63, 3.8) is 0 Å². The standard InChI is InChI=1S/C25H29N5O/c1-15-9-26-22-20(28-15)8-19(29-23(22)25-12-24(2,13-25)14-25)16-5-6-31-21(7-16)17-10-27-30(11-17)18-3-4-18/h8-11,16,18,21H,3-7,12-14H2,1-2H3/t16-,21+,24?,25?/m1/s1. The Balaban J connectivity index is 1.24. The van der Waals surface area contributed by atoms with Crippen molar-refractivity contribution >= 4 is 11.0 Å². The van der Waals surface area contributed by atoms with Gasteiger partial charge in [0, 0.05) is 41.6 Å². The SMILES string of the molecule is Cc1cnc2c(C34CC(C)(C3)C4)nc([C@@H]3CCO[C@H](c4cnn(C5CC5)c4)C3)cc2n1. The third kappa shape index (κ3) is 2.80. The summed E-state index contributed by atoms with van der Waals surface area (Å²) in [5.41, 5.74) is 7.38. The van der Waals surface area contributed by atoms with Crippen molar-refractivity contribution in [2.24, 2.45) is 5.41 Å². The van der Waals surface area contributed by atoms with Crippen molar-refractivity contribution in [2.45, 2.75) is 82.3 Å². The zero-order chi connectivity index (χ0) is 20.8. The molecule has 4 aliphatic carbocycles. The first kappa shape index (κ1) is 18.3. The van der Waals surface area contributed by atoms with Gasteiger partial charge in [-0.15, -0.1) is 0 Å². The maximum absolute atomic E-state index is 6.18. The van der Waals surface area contributed by atoms with E-state index >= 15 is 0 Å². The molecule has 6 nitrogen and oxygen atoms in total. The lowest BCUT2D eigenvalue weighted by Gasteiger charge is -2.69. The van der Waals surface area contributed by atoms with Crippen LogP contribution in [0.25, 0.3) is 11.0 Å². The van der Waals surface area contributed by atoms with Crippen LogP contribution in [0.1, 0.15) is 92.6 Å². The van der Waals surface area contributed by atoms with E-state index in [9.17, 15) is 0 Å². The number of aromatic nitrogens is 5. The molecular weight excluding hydrogens is 386 g/mol. The first-order valence-corrected chi connectivity index (χ1v) is 11.8. The van der Waals surface area contributed by atoms with Crippen LogP contribution >= 0.6 is 0 Å². The molecule has 0 aromatic carbocycles. The highest BCUT2D eigenvalue weighted by atomic mass is 16.5. The molecule has 4 heterocycles. The van der Waals surface area contributed by atoms with Crippen molar-refractivity contribution in [2.75, 3.05) is 6.61 Å². The molecule has 1 aliphatic heterocycles. The summed E-state index contributed by atoms with van der Waals surface area (Å²) in [5, 5.41) is 4.58. The largest absolute Gasteiger partial charge is 0.373 e. The number of hydrogen-bond donors (Lipinski definition) is 0. The Bertz CT molecular complexity index is 1180. The third-order valence-electron chi connectivity index (χ3n) is 8.08. The molecule has 0 N–H and O–H groups in total. The molecule has 3 aromatic heterocycles. The van der Waals surface area contributed by atoms with E-state index in [-0.39, 0.29) is 11.5 Å². The molecule has 3 aromatic rings. The molecule has 5 aliphatic rings. The average molecular weight is 416 g/mol. The van der Waals surface area contributed by atoms with Crippen molar-refractivity contribution in [3.8, 4) is 0 Å². The molecule has 0 radical (unpaired) electrons. The molecule has 8 rings (SSSR count). The minimum absolute atomic E-state index is 0.102. The summed E-state index contributed by atoms with van der Waals surface area (Å²) in [4.78, 5) is 15.0. The lowest BCUT2D eigenvalue weighted by Crippen LogP contribution is -2.63. The quantitative estimate of drug-likeness (QED) is 0.604. The first-order chi connectivity index (χ1) is 15.0. The van der Waals surface area contributed by atoms with Gasteiger partial charge in [0.2, 0.25) is 0 Å². The minimum atomic E-state index is 0.102. The number of aryl methyl sites for hydroxylation is 1. The number of fused-ring (bicyclic) bond motifs is 1. The molecule has 0 spiro atoms. The number of pyridine rings is 1. The number of rotatable bonds is 4. The van der Waals surface area contributed by atoms with E-state index < -0.39 is 0 Å². The predicted molar refractivity (Wildman–Crippen MR) is 117 cm³/mol. The molecule has 0 unspecified atom stereocenters. The summed E-state index contributed by atoms with van der Waals surface area (Å²) >= 11 is 0. The number of hydrogen-bond acceptors (Lipinski definition) is 5. The number of nitrogens with zero attached hydrogens (tertiary/aromatic N) is 5. The minimum Gasteiger partial charge on any atom is -0.373 e. The van der Waals surface area contributed by atoms with E-state index in [1.54, 1.807) is 0 Å². The van der Waals surface area contributed by atoms with Crippen LogP contribution in [0.2, 0.25) is 0 Å². The first-order valence-electron chi connectivity index (χ1n) is 11.8. The Labute approximate surface area is 182 Å². The van der Waals surface area contributed by atoms with Crippen LogP contribution in [0.3, 0.4) is 0 Å². The summed E-state index contributed by atoms with van der Waals surface area (Å²) < 4.78 is 8.30. The van der Waals surface area contributed by atoms with Gasteiger partial charge >= 0.3 is 0 Å². The van der Waals surface area contributed by atoms with Crippen LogP contribution in [-0.2, 0) is 10.2 Å². The van der Waals surface area contributed by atoms with E-state index in [1.165, 1.54) is 49.1 Å². The topological polar surface area (TPSA) is 65.7 Å². The van der Waals surface area contributed by atoms with Gasteiger partial charge in [0.1, 0.15) is 5.52 Å². The highest BCUT2D eigenvalue weighted by Crippen LogP contribution is 2.73. The summed E-state index contributed by atoms with van der Waals surface area (Å²) in [6, 6.07) is 2.81. The smallest absolute Gasteiger partial charge is 0.111 e. The lowest BCUT2D eigenvalue weighted by molar-refractivity contribution is -0.127. The van der Waals surface area contributed by atoms with Gasteiger partial charge in [-0.2, -0.15) is 5.10 Å². The number of ether oxygens (including phenoxy) is 1. The zero-order valence-corrected chi connectivity index (χ0v) is 18.3. The van der Waals surface area contributed by atoms with E-state index in [0.29, 0.717) is 17.4 Å². The van der Waals surface area contributed by atoms with Gasteiger partial charge < -0.3 is 4.74 Å².